The fraction of sp³-hybridized carbons (Fsp3) is 0.462. The molecule has 0 saturated carbocycles. The highest BCUT2D eigenvalue weighted by atomic mass is 32.2. The van der Waals surface area contributed by atoms with E-state index >= 15 is 0 Å². The van der Waals surface area contributed by atoms with Crippen molar-refractivity contribution in [1.82, 2.24) is 4.90 Å². The number of nitrogens with zero attached hydrogens (tertiary/aromatic N) is 1. The van der Waals surface area contributed by atoms with Gasteiger partial charge in [-0.05, 0) is 24.6 Å². The second-order valence-corrected chi connectivity index (χ2v) is 6.98. The molecule has 2 N–H and O–H groups in total. The Balaban J connectivity index is 2.29. The third-order valence-electron chi connectivity index (χ3n) is 3.37. The van der Waals surface area contributed by atoms with Gasteiger partial charge in [0.15, 0.2) is 9.84 Å². The Hall–Kier alpha value is -1.60. The first-order chi connectivity index (χ1) is 9.31. The van der Waals surface area contributed by atoms with E-state index in [4.69, 9.17) is 10.5 Å². The zero-order valence-corrected chi connectivity index (χ0v) is 12.3. The molecule has 1 aromatic rings. The number of ether oxygens (including phenoxy) is 1. The van der Waals surface area contributed by atoms with Crippen molar-refractivity contribution in [1.29, 1.82) is 0 Å². The molecule has 1 amide bonds. The molecule has 1 heterocycles. The molecule has 0 radical (unpaired) electrons. The monoisotopic (exact) mass is 298 g/mol. The Morgan fingerprint density at radius 3 is 2.65 bits per heavy atom. The summed E-state index contributed by atoms with van der Waals surface area (Å²) in [5, 5.41) is 0. The van der Waals surface area contributed by atoms with Gasteiger partial charge in [-0.1, -0.05) is 0 Å². The molecule has 6 nitrogen and oxygen atoms in total. The molecule has 110 valence electrons. The highest BCUT2D eigenvalue weighted by Gasteiger charge is 2.27. The molecular formula is C13H18N2O4S. The van der Waals surface area contributed by atoms with Gasteiger partial charge in [-0.2, -0.15) is 0 Å². The minimum absolute atomic E-state index is 0.0365. The largest absolute Gasteiger partial charge is 0.399 e. The summed E-state index contributed by atoms with van der Waals surface area (Å²) in [5.41, 5.74) is 6.24. The molecule has 0 bridgehead atoms. The normalized spacial score (nSPS) is 19.3. The summed E-state index contributed by atoms with van der Waals surface area (Å²) in [5.74, 6) is -0.221. The van der Waals surface area contributed by atoms with Crippen LogP contribution in [-0.2, 0) is 14.6 Å². The lowest BCUT2D eigenvalue weighted by atomic mass is 10.2. The standard InChI is InChI=1S/C13H18N2O4S/c1-19-11-3-4-15(8-11)13(16)9-5-10(14)7-12(6-9)20(2,17)18/h5-7,11H,3-4,8,14H2,1-2H3. The van der Waals surface area contributed by atoms with Gasteiger partial charge in [0.05, 0.1) is 11.0 Å². The van der Waals surface area contributed by atoms with Crippen molar-refractivity contribution in [3.05, 3.63) is 23.8 Å². The topological polar surface area (TPSA) is 89.7 Å². The van der Waals surface area contributed by atoms with Crippen LogP contribution in [0, 0.1) is 0 Å². The van der Waals surface area contributed by atoms with Crippen molar-refractivity contribution < 1.29 is 17.9 Å². The second-order valence-electron chi connectivity index (χ2n) is 4.96. The van der Waals surface area contributed by atoms with Gasteiger partial charge in [0.25, 0.3) is 5.91 Å². The summed E-state index contributed by atoms with van der Waals surface area (Å²) in [6, 6.07) is 4.22. The maximum atomic E-state index is 12.4. The molecule has 1 unspecified atom stereocenters. The van der Waals surface area contributed by atoms with Crippen molar-refractivity contribution in [2.75, 3.05) is 32.2 Å². The first kappa shape index (κ1) is 14.8. The van der Waals surface area contributed by atoms with Crippen molar-refractivity contribution in [2.45, 2.75) is 17.4 Å². The Labute approximate surface area is 118 Å². The van der Waals surface area contributed by atoms with Gasteiger partial charge >= 0.3 is 0 Å². The molecular weight excluding hydrogens is 280 g/mol. The number of benzene rings is 1. The molecule has 0 aromatic heterocycles. The van der Waals surface area contributed by atoms with Crippen LogP contribution in [0.4, 0.5) is 5.69 Å². The number of amides is 1. The molecule has 0 spiro atoms. The number of sulfone groups is 1. The fourth-order valence-corrected chi connectivity index (χ4v) is 2.94. The van der Waals surface area contributed by atoms with Crippen molar-refractivity contribution in [3.8, 4) is 0 Å². The van der Waals surface area contributed by atoms with Crippen LogP contribution < -0.4 is 5.73 Å². The number of methoxy groups -OCH3 is 1. The Bertz CT molecular complexity index is 627. The number of anilines is 1. The van der Waals surface area contributed by atoms with Crippen LogP contribution in [0.1, 0.15) is 16.8 Å². The molecule has 1 fully saturated rings. The van der Waals surface area contributed by atoms with E-state index in [-0.39, 0.29) is 22.6 Å². The van der Waals surface area contributed by atoms with Gasteiger partial charge in [0.2, 0.25) is 0 Å². The van der Waals surface area contributed by atoms with Gasteiger partial charge in [-0.25, -0.2) is 8.42 Å². The summed E-state index contributed by atoms with van der Waals surface area (Å²) in [6.45, 7) is 1.11. The first-order valence-corrected chi connectivity index (χ1v) is 8.13. The Kier molecular flexibility index (Phi) is 4.01. The van der Waals surface area contributed by atoms with E-state index in [1.54, 1.807) is 12.0 Å². The molecule has 0 aliphatic carbocycles. The molecule has 20 heavy (non-hydrogen) atoms. The third kappa shape index (κ3) is 3.10. The van der Waals surface area contributed by atoms with Gasteiger partial charge in [-0.15, -0.1) is 0 Å². The van der Waals surface area contributed by atoms with Crippen LogP contribution in [-0.4, -0.2) is 51.8 Å². The number of hydrogen-bond donors (Lipinski definition) is 1. The van der Waals surface area contributed by atoms with Crippen molar-refractivity contribution in [2.24, 2.45) is 0 Å². The Morgan fingerprint density at radius 1 is 1.40 bits per heavy atom. The van der Waals surface area contributed by atoms with Crippen LogP contribution in [0.25, 0.3) is 0 Å². The van der Waals surface area contributed by atoms with Crippen molar-refractivity contribution in [3.63, 3.8) is 0 Å². The third-order valence-corrected chi connectivity index (χ3v) is 4.46. The molecule has 1 aliphatic heterocycles. The van der Waals surface area contributed by atoms with Crippen LogP contribution in [0.3, 0.4) is 0 Å². The van der Waals surface area contributed by atoms with E-state index in [9.17, 15) is 13.2 Å². The van der Waals surface area contributed by atoms with Gasteiger partial charge in [0.1, 0.15) is 0 Å². The summed E-state index contributed by atoms with van der Waals surface area (Å²) < 4.78 is 28.4. The minimum atomic E-state index is -3.40. The highest BCUT2D eigenvalue weighted by Crippen LogP contribution is 2.20. The van der Waals surface area contributed by atoms with Gasteiger partial charge in [-0.3, -0.25) is 4.79 Å². The zero-order valence-electron chi connectivity index (χ0n) is 11.5. The lowest BCUT2D eigenvalue weighted by Crippen LogP contribution is -2.30. The molecule has 2 rings (SSSR count). The minimum Gasteiger partial charge on any atom is -0.399 e. The quantitative estimate of drug-likeness (QED) is 0.822. The smallest absolute Gasteiger partial charge is 0.254 e. The van der Waals surface area contributed by atoms with E-state index in [2.05, 4.69) is 0 Å². The summed E-state index contributed by atoms with van der Waals surface area (Å²) in [6.07, 6.45) is 1.91. The lowest BCUT2D eigenvalue weighted by molar-refractivity contribution is 0.0724. The predicted octanol–water partition coefficient (Wildman–Crippen LogP) is 0.533. The summed E-state index contributed by atoms with van der Waals surface area (Å²) in [4.78, 5) is 14.1. The summed E-state index contributed by atoms with van der Waals surface area (Å²) >= 11 is 0. The number of hydrogen-bond acceptors (Lipinski definition) is 5. The zero-order chi connectivity index (χ0) is 14.9. The lowest BCUT2D eigenvalue weighted by Gasteiger charge is -2.17. The van der Waals surface area contributed by atoms with Crippen LogP contribution in [0.15, 0.2) is 23.1 Å². The Morgan fingerprint density at radius 2 is 2.10 bits per heavy atom. The van der Waals surface area contributed by atoms with E-state index < -0.39 is 9.84 Å². The average Bonchev–Trinajstić information content (AvgIpc) is 2.84. The number of likely N-dealkylation sites (tertiary alicyclic amines) is 1. The van der Waals surface area contributed by atoms with Gasteiger partial charge < -0.3 is 15.4 Å². The molecule has 1 atom stereocenters. The molecule has 1 saturated heterocycles. The van der Waals surface area contributed by atoms with E-state index in [0.717, 1.165) is 12.7 Å². The average molecular weight is 298 g/mol. The maximum absolute atomic E-state index is 12.4. The number of carbonyl (C=O) groups excluding carboxylic acids is 1. The predicted molar refractivity (Wildman–Crippen MR) is 75.3 cm³/mol. The van der Waals surface area contributed by atoms with E-state index in [0.29, 0.717) is 18.7 Å². The van der Waals surface area contributed by atoms with Crippen molar-refractivity contribution >= 4 is 21.4 Å². The highest BCUT2D eigenvalue weighted by molar-refractivity contribution is 7.90. The first-order valence-electron chi connectivity index (χ1n) is 6.24. The van der Waals surface area contributed by atoms with Gasteiger partial charge in [0, 0.05) is 37.7 Å². The fourth-order valence-electron chi connectivity index (χ4n) is 2.25. The molecule has 1 aliphatic rings. The number of nitrogens with two attached hydrogens (primary N) is 1. The van der Waals surface area contributed by atoms with Crippen LogP contribution >= 0.6 is 0 Å². The van der Waals surface area contributed by atoms with Crippen LogP contribution in [0.5, 0.6) is 0 Å². The number of carbonyl (C=O) groups is 1. The molecule has 1 aromatic carbocycles. The van der Waals surface area contributed by atoms with E-state index in [1.807, 2.05) is 0 Å². The molecule has 7 heteroatoms. The SMILES string of the molecule is COC1CCN(C(=O)c2cc(N)cc(S(C)(=O)=O)c2)C1. The van der Waals surface area contributed by atoms with Crippen LogP contribution in [0.2, 0.25) is 0 Å². The number of nitrogen functional groups attached to an aromatic ring is 1. The maximum Gasteiger partial charge on any atom is 0.254 e. The second kappa shape index (κ2) is 5.41. The number of rotatable bonds is 3. The van der Waals surface area contributed by atoms with E-state index in [1.165, 1.54) is 18.2 Å². The summed E-state index contributed by atoms with van der Waals surface area (Å²) in [7, 11) is -1.78.